The Morgan fingerprint density at radius 1 is 0.915 bits per heavy atom. The average Bonchev–Trinajstić information content (AvgIpc) is 3.74. The van der Waals surface area contributed by atoms with E-state index in [1.165, 1.54) is 15.8 Å². The molecule has 0 saturated carbocycles. The molecular weight excluding hydrogens is 764 g/mol. The van der Waals surface area contributed by atoms with E-state index in [2.05, 4.69) is 20.9 Å². The number of piperazine rings is 1. The lowest BCUT2D eigenvalue weighted by atomic mass is 9.86. The zero-order valence-corrected chi connectivity index (χ0v) is 33.5. The molecule has 0 radical (unpaired) electrons. The van der Waals surface area contributed by atoms with E-state index < -0.39 is 46.5 Å². The maximum atomic E-state index is 15.3. The summed E-state index contributed by atoms with van der Waals surface area (Å²) in [5, 5.41) is 23.7. The lowest BCUT2D eigenvalue weighted by Gasteiger charge is -2.35. The number of carboxylic acid groups (broad SMARTS) is 1. The van der Waals surface area contributed by atoms with E-state index in [-0.39, 0.29) is 49.2 Å². The van der Waals surface area contributed by atoms with Gasteiger partial charge in [-0.2, -0.15) is 0 Å². The summed E-state index contributed by atoms with van der Waals surface area (Å²) in [7, 11) is 0. The molecule has 16 nitrogen and oxygen atoms in total. The van der Waals surface area contributed by atoms with Gasteiger partial charge in [-0.1, -0.05) is 61.5 Å². The summed E-state index contributed by atoms with van der Waals surface area (Å²) in [5.74, 6) is -2.48. The van der Waals surface area contributed by atoms with Crippen LogP contribution in [0, 0.1) is 11.7 Å². The molecule has 6 rings (SSSR count). The van der Waals surface area contributed by atoms with Crippen molar-refractivity contribution in [3.05, 3.63) is 118 Å². The maximum absolute atomic E-state index is 15.3. The molecule has 5 aromatic rings. The van der Waals surface area contributed by atoms with E-state index in [4.69, 9.17) is 9.47 Å². The Morgan fingerprint density at radius 3 is 2.22 bits per heavy atom. The highest BCUT2D eigenvalue weighted by atomic mass is 19.1. The minimum Gasteiger partial charge on any atom is -0.477 e. The fourth-order valence-corrected chi connectivity index (χ4v) is 6.65. The van der Waals surface area contributed by atoms with Crippen molar-refractivity contribution in [2.24, 2.45) is 5.92 Å². The Hall–Kier alpha value is -6.78. The summed E-state index contributed by atoms with van der Waals surface area (Å²) in [6, 6.07) is 18.1. The number of carboxylic acids is 1. The molecule has 0 aliphatic carbocycles. The fraction of sp³-hybridized carbons (Fsp3) is 0.357. The van der Waals surface area contributed by atoms with E-state index >= 15 is 4.39 Å². The predicted molar refractivity (Wildman–Crippen MR) is 217 cm³/mol. The molecule has 1 aliphatic rings. The van der Waals surface area contributed by atoms with Gasteiger partial charge in [-0.05, 0) is 62.1 Å². The highest BCUT2D eigenvalue weighted by Crippen LogP contribution is 2.29. The normalized spacial score (nSPS) is 14.4. The molecule has 3 heterocycles. The maximum Gasteiger partial charge on any atom is 0.410 e. The smallest absolute Gasteiger partial charge is 0.410 e. The Morgan fingerprint density at radius 2 is 1.58 bits per heavy atom. The molecular formula is C42H47FN8O8. The number of pyridine rings is 1. The molecule has 0 bridgehead atoms. The minimum absolute atomic E-state index is 0.0125. The van der Waals surface area contributed by atoms with Crippen molar-refractivity contribution >= 4 is 46.3 Å². The van der Waals surface area contributed by atoms with E-state index in [0.29, 0.717) is 42.1 Å². The van der Waals surface area contributed by atoms with Crippen LogP contribution in [0.25, 0.3) is 10.9 Å². The Balaban J connectivity index is 0.988. The van der Waals surface area contributed by atoms with Gasteiger partial charge >= 0.3 is 18.2 Å². The molecule has 59 heavy (non-hydrogen) atoms. The highest BCUT2D eigenvalue weighted by Gasteiger charge is 2.36. The number of alkyl carbamates (subject to hydrolysis) is 1. The summed E-state index contributed by atoms with van der Waals surface area (Å²) >= 11 is 0. The molecule has 2 atom stereocenters. The van der Waals surface area contributed by atoms with Crippen LogP contribution in [0.4, 0.5) is 25.4 Å². The molecule has 3 aromatic carbocycles. The van der Waals surface area contributed by atoms with Crippen LogP contribution < -0.4 is 21.0 Å². The third-order valence-electron chi connectivity index (χ3n) is 10.7. The van der Waals surface area contributed by atoms with Gasteiger partial charge in [0.15, 0.2) is 0 Å². The van der Waals surface area contributed by atoms with E-state index in [9.17, 15) is 29.1 Å². The quantitative estimate of drug-likeness (QED) is 0.128. The van der Waals surface area contributed by atoms with E-state index in [0.717, 1.165) is 11.6 Å². The number of halogens is 1. The number of anilines is 2. The number of hydrogen-bond acceptors (Lipinski definition) is 10. The van der Waals surface area contributed by atoms with Crippen molar-refractivity contribution in [1.82, 2.24) is 29.8 Å². The molecule has 0 unspecified atom stereocenters. The van der Waals surface area contributed by atoms with Crippen molar-refractivity contribution in [1.29, 1.82) is 0 Å². The molecule has 17 heteroatoms. The topological polar surface area (TPSA) is 190 Å². The molecule has 2 aromatic heterocycles. The average molecular weight is 811 g/mol. The molecule has 1 fully saturated rings. The number of ether oxygens (including phenoxy) is 2. The molecule has 1 saturated heterocycles. The summed E-state index contributed by atoms with van der Waals surface area (Å²) in [6.07, 6.45) is 1.76. The van der Waals surface area contributed by atoms with Crippen LogP contribution in [0.2, 0.25) is 0 Å². The van der Waals surface area contributed by atoms with Gasteiger partial charge in [-0.25, -0.2) is 23.5 Å². The number of nitrogens with one attached hydrogen (secondary N) is 2. The molecule has 3 N–H and O–H groups in total. The van der Waals surface area contributed by atoms with Gasteiger partial charge in [0, 0.05) is 50.0 Å². The largest absolute Gasteiger partial charge is 0.477 e. The third kappa shape index (κ3) is 9.35. The third-order valence-corrected chi connectivity index (χ3v) is 10.7. The molecule has 0 spiro atoms. The number of hydrogen-bond donors (Lipinski definition) is 3. The molecule has 310 valence electrons. The van der Waals surface area contributed by atoms with Crippen molar-refractivity contribution in [3.8, 4) is 0 Å². The number of rotatable bonds is 13. The molecule has 3 amide bonds. The highest BCUT2D eigenvalue weighted by molar-refractivity contribution is 5.94. The first-order valence-electron chi connectivity index (χ1n) is 19.3. The number of amides is 3. The number of fused-ring (bicyclic) bond motifs is 1. The van der Waals surface area contributed by atoms with Crippen LogP contribution in [-0.4, -0.2) is 79.8 Å². The summed E-state index contributed by atoms with van der Waals surface area (Å²) in [5.41, 5.74) is 1.10. The van der Waals surface area contributed by atoms with E-state index in [1.54, 1.807) is 59.8 Å². The van der Waals surface area contributed by atoms with Crippen LogP contribution in [-0.2, 0) is 39.6 Å². The van der Waals surface area contributed by atoms with Crippen LogP contribution in [0.5, 0.6) is 0 Å². The van der Waals surface area contributed by atoms with Gasteiger partial charge in [0.25, 0.3) is 0 Å². The number of aromatic nitrogens is 4. The summed E-state index contributed by atoms with van der Waals surface area (Å²) < 4.78 is 29.3. The van der Waals surface area contributed by atoms with E-state index in [1.807, 2.05) is 51.1 Å². The van der Waals surface area contributed by atoms with Crippen molar-refractivity contribution in [2.45, 2.75) is 66.0 Å². The van der Waals surface area contributed by atoms with Gasteiger partial charge in [-0.15, -0.1) is 5.10 Å². The summed E-state index contributed by atoms with van der Waals surface area (Å²) in [6.45, 7) is 10.8. The second-order valence-electron chi connectivity index (χ2n) is 14.8. The van der Waals surface area contributed by atoms with Gasteiger partial charge in [-0.3, -0.25) is 9.59 Å². The van der Waals surface area contributed by atoms with Crippen LogP contribution in [0.3, 0.4) is 0 Å². The van der Waals surface area contributed by atoms with Gasteiger partial charge in [0.05, 0.1) is 22.9 Å². The number of carbonyl (C=O) groups excluding carboxylic acids is 3. The van der Waals surface area contributed by atoms with Crippen LogP contribution >= 0.6 is 0 Å². The first-order valence-corrected chi connectivity index (χ1v) is 19.3. The van der Waals surface area contributed by atoms with Gasteiger partial charge < -0.3 is 39.6 Å². The van der Waals surface area contributed by atoms with Crippen LogP contribution in [0.1, 0.15) is 67.8 Å². The number of aryl methyl sites for hydroxylation is 1. The second-order valence-corrected chi connectivity index (χ2v) is 14.8. The fourth-order valence-electron chi connectivity index (χ4n) is 6.65. The lowest BCUT2D eigenvalue weighted by molar-refractivity contribution is -0.119. The molecule has 1 aliphatic heterocycles. The zero-order valence-electron chi connectivity index (χ0n) is 33.5. The Bertz CT molecular complexity index is 2390. The van der Waals surface area contributed by atoms with Crippen molar-refractivity contribution in [2.75, 3.05) is 36.4 Å². The number of carbonyl (C=O) groups is 4. The van der Waals surface area contributed by atoms with Crippen molar-refractivity contribution < 1.29 is 38.1 Å². The van der Waals surface area contributed by atoms with Crippen LogP contribution in [0.15, 0.2) is 83.9 Å². The number of aromatic carboxylic acids is 1. The minimum atomic E-state index is -1.38. The summed E-state index contributed by atoms with van der Waals surface area (Å²) in [4.78, 5) is 66.5. The number of nitrogens with zero attached hydrogens (tertiary/aromatic N) is 6. The Kier molecular flexibility index (Phi) is 12.6. The van der Waals surface area contributed by atoms with Crippen molar-refractivity contribution in [3.63, 3.8) is 0 Å². The first kappa shape index (κ1) is 41.8. The second kappa shape index (κ2) is 17.8. The standard InChI is InChI=1S/C42H47FN8O8/c1-6-48-22-32(39(54)55)37(52)31-20-33(43)35(21-34(31)48)49-16-18-50(19-17-49)41(57)59-25-29-12-14-30(15-13-29)44-38(53)27(4)51-23-36(46-47-51)42(5,26(2)3)45-40(56)58-24-28-10-8-7-9-11-28/h7-15,20-23,26-27H,6,16-19,24-25H2,1-5H3,(H,44,53)(H,45,56)(H,54,55)/t27-,42-/m0/s1. The zero-order chi connectivity index (χ0) is 42.4. The Labute approximate surface area is 339 Å². The lowest BCUT2D eigenvalue weighted by Crippen LogP contribution is -2.49. The first-order chi connectivity index (χ1) is 28.2. The predicted octanol–water partition coefficient (Wildman–Crippen LogP) is 5.91. The van der Waals surface area contributed by atoms with Gasteiger partial charge in [0.1, 0.15) is 36.3 Å². The SMILES string of the molecule is CCn1cc(C(=O)O)c(=O)c2cc(F)c(N3CCN(C(=O)OCc4ccc(NC(=O)[C@H](C)n5cc([C@@](C)(NC(=O)OCc6ccccc6)C(C)C)nn5)cc4)CC3)cc21. The van der Waals surface area contributed by atoms with Gasteiger partial charge in [0.2, 0.25) is 11.3 Å². The monoisotopic (exact) mass is 810 g/mol. The number of benzene rings is 3.